The molecule has 0 amide bonds. The quantitative estimate of drug-likeness (QED) is 0.738. The number of rotatable bonds is 2. The van der Waals surface area contributed by atoms with Crippen molar-refractivity contribution in [1.29, 1.82) is 0 Å². The van der Waals surface area contributed by atoms with E-state index in [9.17, 15) is 0 Å². The van der Waals surface area contributed by atoms with Crippen LogP contribution in [-0.2, 0) is 7.05 Å². The van der Waals surface area contributed by atoms with Gasteiger partial charge in [0.15, 0.2) is 0 Å². The molecule has 0 aliphatic carbocycles. The molecule has 0 fully saturated rings. The number of hydrogen-bond acceptors (Lipinski definition) is 5. The van der Waals surface area contributed by atoms with Crippen molar-refractivity contribution in [2.45, 2.75) is 0 Å². The van der Waals surface area contributed by atoms with Crippen LogP contribution in [0, 0.1) is 0 Å². The first-order valence-electron chi connectivity index (χ1n) is 4.17. The summed E-state index contributed by atoms with van der Waals surface area (Å²) in [7, 11) is 3.60. The fraction of sp³-hybridized carbons (Fsp3) is 0.250. The first-order valence-corrected chi connectivity index (χ1v) is 4.17. The first kappa shape index (κ1) is 8.61. The lowest BCUT2D eigenvalue weighted by Crippen LogP contribution is -1.99. The molecule has 0 atom stereocenters. The second kappa shape index (κ2) is 3.41. The third-order valence-electron chi connectivity index (χ3n) is 1.86. The number of nitrogens with one attached hydrogen (secondary N) is 1. The predicted octanol–water partition coefficient (Wildman–Crippen LogP) is 0.314. The Hall–Kier alpha value is -1.98. The SMILES string of the molecule is CNc1nccc(-c2cnnn2C)n1. The minimum absolute atomic E-state index is 0.587. The predicted molar refractivity (Wildman–Crippen MR) is 51.6 cm³/mol. The second-order valence-corrected chi connectivity index (χ2v) is 2.76. The standard InChI is InChI=1S/C8H10N6/c1-9-8-10-4-3-6(12-8)7-5-11-13-14(7)2/h3-5H,1-2H3,(H,9,10,12). The summed E-state index contributed by atoms with van der Waals surface area (Å²) < 4.78 is 1.67. The van der Waals surface area contributed by atoms with Gasteiger partial charge in [-0.2, -0.15) is 0 Å². The third-order valence-corrected chi connectivity index (χ3v) is 1.86. The van der Waals surface area contributed by atoms with Crippen LogP contribution < -0.4 is 5.32 Å². The molecule has 0 bridgehead atoms. The van der Waals surface area contributed by atoms with Gasteiger partial charge in [0.25, 0.3) is 0 Å². The molecule has 2 aromatic rings. The fourth-order valence-corrected chi connectivity index (χ4v) is 1.14. The summed E-state index contributed by atoms with van der Waals surface area (Å²) in [6.07, 6.45) is 3.36. The number of anilines is 1. The number of hydrogen-bond donors (Lipinski definition) is 1. The van der Waals surface area contributed by atoms with E-state index in [-0.39, 0.29) is 0 Å². The normalized spacial score (nSPS) is 10.1. The highest BCUT2D eigenvalue weighted by molar-refractivity contribution is 5.53. The van der Waals surface area contributed by atoms with Crippen LogP contribution in [-0.4, -0.2) is 32.0 Å². The molecule has 0 aliphatic heterocycles. The zero-order valence-electron chi connectivity index (χ0n) is 7.97. The fourth-order valence-electron chi connectivity index (χ4n) is 1.14. The van der Waals surface area contributed by atoms with Crippen molar-refractivity contribution in [3.05, 3.63) is 18.5 Å². The largest absolute Gasteiger partial charge is 0.357 e. The molecule has 6 nitrogen and oxygen atoms in total. The van der Waals surface area contributed by atoms with E-state index in [1.165, 1.54) is 0 Å². The van der Waals surface area contributed by atoms with Crippen LogP contribution in [0.25, 0.3) is 11.4 Å². The molecular weight excluding hydrogens is 180 g/mol. The van der Waals surface area contributed by atoms with Gasteiger partial charge in [0.05, 0.1) is 11.9 Å². The van der Waals surface area contributed by atoms with Gasteiger partial charge in [0.1, 0.15) is 5.69 Å². The van der Waals surface area contributed by atoms with Crippen molar-refractivity contribution >= 4 is 5.95 Å². The van der Waals surface area contributed by atoms with Crippen LogP contribution in [0.3, 0.4) is 0 Å². The Bertz CT molecular complexity index is 435. The molecule has 1 N–H and O–H groups in total. The van der Waals surface area contributed by atoms with E-state index < -0.39 is 0 Å². The van der Waals surface area contributed by atoms with Crippen molar-refractivity contribution in [3.8, 4) is 11.4 Å². The zero-order valence-corrected chi connectivity index (χ0v) is 7.97. The van der Waals surface area contributed by atoms with Crippen LogP contribution in [0.2, 0.25) is 0 Å². The van der Waals surface area contributed by atoms with Crippen LogP contribution in [0.5, 0.6) is 0 Å². The molecule has 2 aromatic heterocycles. The van der Waals surface area contributed by atoms with Crippen LogP contribution in [0.15, 0.2) is 18.5 Å². The Morgan fingerprint density at radius 1 is 1.43 bits per heavy atom. The molecule has 14 heavy (non-hydrogen) atoms. The number of aromatic nitrogens is 5. The Labute approximate surface area is 81.0 Å². The molecule has 0 aromatic carbocycles. The summed E-state index contributed by atoms with van der Waals surface area (Å²) in [4.78, 5) is 8.30. The lowest BCUT2D eigenvalue weighted by Gasteiger charge is -2.01. The maximum absolute atomic E-state index is 4.27. The van der Waals surface area contributed by atoms with Gasteiger partial charge in [0, 0.05) is 20.3 Å². The summed E-state index contributed by atoms with van der Waals surface area (Å²) in [5.41, 5.74) is 1.67. The van der Waals surface area contributed by atoms with E-state index in [1.54, 1.807) is 24.1 Å². The van der Waals surface area contributed by atoms with Crippen molar-refractivity contribution in [2.75, 3.05) is 12.4 Å². The van der Waals surface area contributed by atoms with E-state index in [4.69, 9.17) is 0 Å². The van der Waals surface area contributed by atoms with Crippen molar-refractivity contribution in [3.63, 3.8) is 0 Å². The van der Waals surface area contributed by atoms with E-state index in [0.29, 0.717) is 5.95 Å². The van der Waals surface area contributed by atoms with Gasteiger partial charge in [-0.05, 0) is 6.07 Å². The molecule has 0 unspecified atom stereocenters. The van der Waals surface area contributed by atoms with E-state index >= 15 is 0 Å². The second-order valence-electron chi connectivity index (χ2n) is 2.76. The molecule has 0 saturated carbocycles. The van der Waals surface area contributed by atoms with Gasteiger partial charge < -0.3 is 5.32 Å². The molecular formula is C8H10N6. The van der Waals surface area contributed by atoms with Crippen molar-refractivity contribution in [1.82, 2.24) is 25.0 Å². The molecule has 2 rings (SSSR count). The Morgan fingerprint density at radius 3 is 2.93 bits per heavy atom. The average Bonchev–Trinajstić information content (AvgIpc) is 2.65. The van der Waals surface area contributed by atoms with Gasteiger partial charge in [0.2, 0.25) is 5.95 Å². The average molecular weight is 190 g/mol. The maximum Gasteiger partial charge on any atom is 0.222 e. The lowest BCUT2D eigenvalue weighted by molar-refractivity contribution is 0.719. The molecule has 0 aliphatic rings. The Kier molecular flexibility index (Phi) is 2.10. The van der Waals surface area contributed by atoms with Gasteiger partial charge in [-0.25, -0.2) is 14.6 Å². The smallest absolute Gasteiger partial charge is 0.222 e. The maximum atomic E-state index is 4.27. The van der Waals surface area contributed by atoms with Gasteiger partial charge in [-0.15, -0.1) is 5.10 Å². The van der Waals surface area contributed by atoms with Crippen LogP contribution in [0.1, 0.15) is 0 Å². The van der Waals surface area contributed by atoms with Crippen molar-refractivity contribution < 1.29 is 0 Å². The minimum Gasteiger partial charge on any atom is -0.357 e. The van der Waals surface area contributed by atoms with E-state index in [0.717, 1.165) is 11.4 Å². The van der Waals surface area contributed by atoms with Gasteiger partial charge in [-0.3, -0.25) is 0 Å². The monoisotopic (exact) mass is 190 g/mol. The summed E-state index contributed by atoms with van der Waals surface area (Å²) in [6, 6.07) is 1.82. The molecule has 6 heteroatoms. The lowest BCUT2D eigenvalue weighted by atomic mass is 10.3. The summed E-state index contributed by atoms with van der Waals surface area (Å²) >= 11 is 0. The third kappa shape index (κ3) is 1.41. The Balaban J connectivity index is 2.47. The molecule has 0 radical (unpaired) electrons. The molecule has 0 spiro atoms. The minimum atomic E-state index is 0.587. The van der Waals surface area contributed by atoms with Crippen molar-refractivity contribution in [2.24, 2.45) is 7.05 Å². The van der Waals surface area contributed by atoms with E-state index in [1.807, 2.05) is 13.1 Å². The highest BCUT2D eigenvalue weighted by atomic mass is 15.4. The van der Waals surface area contributed by atoms with Gasteiger partial charge >= 0.3 is 0 Å². The van der Waals surface area contributed by atoms with Crippen LogP contribution >= 0.6 is 0 Å². The summed E-state index contributed by atoms with van der Waals surface area (Å²) in [5, 5.41) is 10.5. The molecule has 72 valence electrons. The highest BCUT2D eigenvalue weighted by Gasteiger charge is 2.05. The van der Waals surface area contributed by atoms with Crippen LogP contribution in [0.4, 0.5) is 5.95 Å². The topological polar surface area (TPSA) is 68.5 Å². The molecule has 2 heterocycles. The number of nitrogens with zero attached hydrogens (tertiary/aromatic N) is 5. The first-order chi connectivity index (χ1) is 6.81. The summed E-state index contributed by atoms with van der Waals surface area (Å²) in [5.74, 6) is 0.587. The Morgan fingerprint density at radius 2 is 2.29 bits per heavy atom. The van der Waals surface area contributed by atoms with Gasteiger partial charge in [-0.1, -0.05) is 5.21 Å². The summed E-state index contributed by atoms with van der Waals surface area (Å²) in [6.45, 7) is 0. The zero-order chi connectivity index (χ0) is 9.97. The van der Waals surface area contributed by atoms with E-state index in [2.05, 4.69) is 25.6 Å². The highest BCUT2D eigenvalue weighted by Crippen LogP contribution is 2.14. The molecule has 0 saturated heterocycles. The number of aryl methyl sites for hydroxylation is 1.